The van der Waals surface area contributed by atoms with Gasteiger partial charge in [0.1, 0.15) is 5.82 Å². The van der Waals surface area contributed by atoms with Gasteiger partial charge in [0, 0.05) is 25.8 Å². The van der Waals surface area contributed by atoms with Crippen molar-refractivity contribution in [3.63, 3.8) is 0 Å². The minimum Gasteiger partial charge on any atom is -0.315 e. The van der Waals surface area contributed by atoms with Gasteiger partial charge in [-0.05, 0) is 37.7 Å². The Hall–Kier alpha value is -1.46. The highest BCUT2D eigenvalue weighted by Crippen LogP contribution is 2.14. The van der Waals surface area contributed by atoms with Gasteiger partial charge in [-0.2, -0.15) is 0 Å². The second kappa shape index (κ2) is 6.63. The van der Waals surface area contributed by atoms with E-state index in [1.54, 1.807) is 19.2 Å². The minimum absolute atomic E-state index is 0.00694. The number of carbonyl (C=O) groups excluding carboxylic acids is 1. The van der Waals surface area contributed by atoms with E-state index in [1.807, 2.05) is 0 Å². The van der Waals surface area contributed by atoms with Crippen LogP contribution in [-0.2, 0) is 4.79 Å². The molecule has 0 bridgehead atoms. The van der Waals surface area contributed by atoms with E-state index in [1.165, 1.54) is 17.0 Å². The van der Waals surface area contributed by atoms with Crippen LogP contribution in [0.3, 0.4) is 0 Å². The van der Waals surface area contributed by atoms with Gasteiger partial charge < -0.3 is 10.2 Å². The van der Waals surface area contributed by atoms with Gasteiger partial charge >= 0.3 is 0 Å². The standard InChI is InChI=1S/C14H20FN3O/c1-17(13-5-2-4-12(15)10-13)14(19)11-18-8-3-6-16-7-9-18/h2,4-5,10,16H,3,6-9,11H2,1H3. The van der Waals surface area contributed by atoms with Crippen molar-refractivity contribution in [3.8, 4) is 0 Å². The molecule has 1 N–H and O–H groups in total. The maximum Gasteiger partial charge on any atom is 0.240 e. The van der Waals surface area contributed by atoms with E-state index in [0.717, 1.165) is 32.6 Å². The van der Waals surface area contributed by atoms with Crippen LogP contribution in [0.2, 0.25) is 0 Å². The Morgan fingerprint density at radius 1 is 1.42 bits per heavy atom. The van der Waals surface area contributed by atoms with Crippen molar-refractivity contribution in [3.05, 3.63) is 30.1 Å². The SMILES string of the molecule is CN(C(=O)CN1CCCNCC1)c1cccc(F)c1. The number of anilines is 1. The smallest absolute Gasteiger partial charge is 0.240 e. The number of hydrogen-bond donors (Lipinski definition) is 1. The van der Waals surface area contributed by atoms with Crippen LogP contribution in [0.1, 0.15) is 6.42 Å². The summed E-state index contributed by atoms with van der Waals surface area (Å²) < 4.78 is 13.1. The van der Waals surface area contributed by atoms with E-state index in [9.17, 15) is 9.18 Å². The maximum atomic E-state index is 13.1. The van der Waals surface area contributed by atoms with E-state index in [-0.39, 0.29) is 11.7 Å². The molecule has 1 fully saturated rings. The molecule has 1 aromatic rings. The first-order valence-corrected chi connectivity index (χ1v) is 6.62. The minimum atomic E-state index is -0.323. The summed E-state index contributed by atoms with van der Waals surface area (Å²) in [5, 5.41) is 3.30. The molecule has 4 nitrogen and oxygen atoms in total. The van der Waals surface area contributed by atoms with E-state index >= 15 is 0 Å². The molecule has 0 aliphatic carbocycles. The van der Waals surface area contributed by atoms with Gasteiger partial charge in [0.2, 0.25) is 5.91 Å². The summed E-state index contributed by atoms with van der Waals surface area (Å²) in [5.74, 6) is -0.330. The number of benzene rings is 1. The average molecular weight is 265 g/mol. The first-order valence-electron chi connectivity index (χ1n) is 6.62. The van der Waals surface area contributed by atoms with Crippen LogP contribution in [0.5, 0.6) is 0 Å². The summed E-state index contributed by atoms with van der Waals surface area (Å²) in [5.41, 5.74) is 0.595. The summed E-state index contributed by atoms with van der Waals surface area (Å²) in [6, 6.07) is 6.11. The Morgan fingerprint density at radius 3 is 3.05 bits per heavy atom. The molecule has 0 spiro atoms. The average Bonchev–Trinajstić information content (AvgIpc) is 2.66. The molecule has 1 amide bonds. The lowest BCUT2D eigenvalue weighted by Crippen LogP contribution is -2.40. The summed E-state index contributed by atoms with van der Waals surface area (Å²) >= 11 is 0. The highest BCUT2D eigenvalue weighted by atomic mass is 19.1. The topological polar surface area (TPSA) is 35.6 Å². The van der Waals surface area contributed by atoms with E-state index in [4.69, 9.17) is 0 Å². The third-order valence-electron chi connectivity index (χ3n) is 3.36. The largest absolute Gasteiger partial charge is 0.315 e. The van der Waals surface area contributed by atoms with Gasteiger partial charge in [0.15, 0.2) is 0 Å². The lowest BCUT2D eigenvalue weighted by molar-refractivity contribution is -0.119. The zero-order valence-corrected chi connectivity index (χ0v) is 11.2. The number of rotatable bonds is 3. The first-order chi connectivity index (χ1) is 9.16. The molecular weight excluding hydrogens is 245 g/mol. The van der Waals surface area contributed by atoms with Crippen molar-refractivity contribution in [1.82, 2.24) is 10.2 Å². The Morgan fingerprint density at radius 2 is 2.26 bits per heavy atom. The fraction of sp³-hybridized carbons (Fsp3) is 0.500. The van der Waals surface area contributed by atoms with Crippen LogP contribution in [0.15, 0.2) is 24.3 Å². The molecule has 1 saturated heterocycles. The van der Waals surface area contributed by atoms with Gasteiger partial charge in [0.05, 0.1) is 6.54 Å². The normalized spacial score (nSPS) is 16.9. The van der Waals surface area contributed by atoms with Gasteiger partial charge in [-0.3, -0.25) is 9.69 Å². The lowest BCUT2D eigenvalue weighted by Gasteiger charge is -2.23. The molecule has 0 atom stereocenters. The van der Waals surface area contributed by atoms with Crippen LogP contribution < -0.4 is 10.2 Å². The summed E-state index contributed by atoms with van der Waals surface area (Å²) in [7, 11) is 1.69. The summed E-state index contributed by atoms with van der Waals surface area (Å²) in [6.45, 7) is 4.11. The third kappa shape index (κ3) is 4.01. The molecule has 5 heteroatoms. The van der Waals surface area contributed by atoms with E-state index < -0.39 is 0 Å². The molecule has 1 heterocycles. The van der Waals surface area contributed by atoms with Gasteiger partial charge in [-0.1, -0.05) is 6.07 Å². The van der Waals surface area contributed by atoms with E-state index in [2.05, 4.69) is 10.2 Å². The van der Waals surface area contributed by atoms with Crippen LogP contribution >= 0.6 is 0 Å². The molecule has 104 valence electrons. The Balaban J connectivity index is 1.95. The number of halogens is 1. The molecule has 0 unspecified atom stereocenters. The molecule has 1 aliphatic rings. The summed E-state index contributed by atoms with van der Waals surface area (Å²) in [6.07, 6.45) is 1.05. The molecule has 1 aliphatic heterocycles. The van der Waals surface area contributed by atoms with Gasteiger partial charge in [-0.15, -0.1) is 0 Å². The fourth-order valence-corrected chi connectivity index (χ4v) is 2.19. The highest BCUT2D eigenvalue weighted by Gasteiger charge is 2.16. The third-order valence-corrected chi connectivity index (χ3v) is 3.36. The zero-order chi connectivity index (χ0) is 13.7. The van der Waals surface area contributed by atoms with Gasteiger partial charge in [-0.25, -0.2) is 4.39 Å². The molecule has 19 heavy (non-hydrogen) atoms. The number of carbonyl (C=O) groups is 1. The van der Waals surface area contributed by atoms with Crippen LogP contribution in [0, 0.1) is 5.82 Å². The molecule has 2 rings (SSSR count). The predicted molar refractivity (Wildman–Crippen MR) is 73.7 cm³/mol. The molecule has 0 radical (unpaired) electrons. The monoisotopic (exact) mass is 265 g/mol. The van der Waals surface area contributed by atoms with Crippen molar-refractivity contribution in [2.45, 2.75) is 6.42 Å². The molecule has 1 aromatic carbocycles. The van der Waals surface area contributed by atoms with Crippen LogP contribution in [0.25, 0.3) is 0 Å². The summed E-state index contributed by atoms with van der Waals surface area (Å²) in [4.78, 5) is 15.8. The number of nitrogens with one attached hydrogen (secondary N) is 1. The number of nitrogens with zero attached hydrogens (tertiary/aromatic N) is 2. The Bertz CT molecular complexity index is 430. The maximum absolute atomic E-state index is 13.1. The number of hydrogen-bond acceptors (Lipinski definition) is 3. The quantitative estimate of drug-likeness (QED) is 0.888. The van der Waals surface area contributed by atoms with Crippen molar-refractivity contribution in [1.29, 1.82) is 0 Å². The Labute approximate surface area is 113 Å². The number of likely N-dealkylation sites (N-methyl/N-ethyl adjacent to an activating group) is 1. The van der Waals surface area contributed by atoms with Crippen LogP contribution in [-0.4, -0.2) is 50.6 Å². The lowest BCUT2D eigenvalue weighted by atomic mass is 10.3. The second-order valence-electron chi connectivity index (χ2n) is 4.81. The highest BCUT2D eigenvalue weighted by molar-refractivity contribution is 5.94. The van der Waals surface area contributed by atoms with Crippen molar-refractivity contribution < 1.29 is 9.18 Å². The van der Waals surface area contributed by atoms with E-state index in [0.29, 0.717) is 12.2 Å². The molecule has 0 saturated carbocycles. The number of amides is 1. The molecular formula is C14H20FN3O. The zero-order valence-electron chi connectivity index (χ0n) is 11.2. The first kappa shape index (κ1) is 14.0. The van der Waals surface area contributed by atoms with Crippen molar-refractivity contribution >= 4 is 11.6 Å². The van der Waals surface area contributed by atoms with Crippen molar-refractivity contribution in [2.75, 3.05) is 44.7 Å². The van der Waals surface area contributed by atoms with Crippen molar-refractivity contribution in [2.24, 2.45) is 0 Å². The second-order valence-corrected chi connectivity index (χ2v) is 4.81. The van der Waals surface area contributed by atoms with Crippen LogP contribution in [0.4, 0.5) is 10.1 Å². The predicted octanol–water partition coefficient (Wildman–Crippen LogP) is 1.08. The van der Waals surface area contributed by atoms with Gasteiger partial charge in [0.25, 0.3) is 0 Å². The Kier molecular flexibility index (Phi) is 4.87. The molecule has 0 aromatic heterocycles. The fourth-order valence-electron chi connectivity index (χ4n) is 2.19.